The lowest BCUT2D eigenvalue weighted by atomic mass is 10.00. The molecular formula is C71H120N16O22. The lowest BCUT2D eigenvalue weighted by Gasteiger charge is -2.29. The molecule has 0 spiro atoms. The van der Waals surface area contributed by atoms with Crippen LogP contribution in [0.3, 0.4) is 0 Å². The Balaban J connectivity index is 3.08. The lowest BCUT2D eigenvalue weighted by Crippen LogP contribution is -2.62. The Kier molecular flexibility index (Phi) is 38.4. The highest BCUT2D eigenvalue weighted by Crippen LogP contribution is 2.15. The van der Waals surface area contributed by atoms with E-state index in [4.69, 9.17) is 29.4 Å². The smallest absolute Gasteiger partial charge is 0.407 e. The summed E-state index contributed by atoms with van der Waals surface area (Å²) >= 11 is 0. The summed E-state index contributed by atoms with van der Waals surface area (Å²) in [6.45, 7) is 26.7. The molecule has 0 aromatic heterocycles. The van der Waals surface area contributed by atoms with Crippen LogP contribution in [0.1, 0.15) is 176 Å². The van der Waals surface area contributed by atoms with Gasteiger partial charge in [-0.05, 0) is 168 Å². The van der Waals surface area contributed by atoms with Gasteiger partial charge in [0.2, 0.25) is 59.1 Å². The molecule has 616 valence electrons. The molecule has 1 unspecified atom stereocenters. The molecule has 1 aliphatic rings. The zero-order chi connectivity index (χ0) is 83.1. The highest BCUT2D eigenvalue weighted by molar-refractivity contribution is 5.99. The summed E-state index contributed by atoms with van der Waals surface area (Å²) < 4.78 is 26.7. The van der Waals surface area contributed by atoms with Gasteiger partial charge in [-0.2, -0.15) is 0 Å². The normalized spacial score (nSPS) is 20.5. The molecule has 0 aliphatic carbocycles. The topological polar surface area (TPSA) is 549 Å². The van der Waals surface area contributed by atoms with Crippen LogP contribution in [-0.2, 0) is 78.1 Å². The highest BCUT2D eigenvalue weighted by atomic mass is 16.6. The number of nitrogens with one attached hydrogen (secondary N) is 15. The number of rotatable bonds is 26. The standard InChI is InChI=1S/C71H120N16O22/c1-38(2)35-48-58(96)82-44(26-31-74-62(100)105-67(5,6)7)54(92)81-47(29-34-77-65(103)108-70(14,15)16)57(95)87-50(39(3)88)60(98)73-30-25-43(53(91)80-45(27-32-75-63(101)106-68(8,9)10)56(94)85-49(59(97)84-48)36-41-23-21-20-22-24-41)79-55(93)46(28-33-76-64(102)107-69(11,12)13)83-61(99)51(40(4)89)86-52(90)42(72)37-78-66(104)109-71(17,18)19/h20-24,38-40,42-51,88-89H,25-37,72H2,1-19H3,(H,73,98)(H,74,100)(H,75,101)(H,76,102)(H,77,103)(H,78,104)(H,79,93)(H,80,91)(H,81,92)(H,82,96)(H,83,99)(H,84,97)(H,85,94)(H,86,90)(H,87,95)/t39-,40?,42-,43-,44-,45-,46-,47-,48-,49+,50-,51-/m0/s1. The van der Waals surface area contributed by atoms with Crippen molar-refractivity contribution < 1.29 is 106 Å². The first-order chi connectivity index (χ1) is 50.2. The van der Waals surface area contributed by atoms with Crippen molar-refractivity contribution in [1.82, 2.24) is 79.8 Å². The summed E-state index contributed by atoms with van der Waals surface area (Å²) in [4.78, 5) is 211. The van der Waals surface area contributed by atoms with E-state index in [0.717, 1.165) is 13.8 Å². The van der Waals surface area contributed by atoms with E-state index >= 15 is 14.4 Å². The Morgan fingerprint density at radius 3 is 1.26 bits per heavy atom. The van der Waals surface area contributed by atoms with Crippen molar-refractivity contribution in [2.45, 2.75) is 277 Å². The maximum Gasteiger partial charge on any atom is 0.407 e. The first kappa shape index (κ1) is 95.2. The second-order valence-electron chi connectivity index (χ2n) is 31.6. The average Bonchev–Trinajstić information content (AvgIpc) is 1.21. The van der Waals surface area contributed by atoms with Crippen LogP contribution in [0.2, 0.25) is 0 Å². The van der Waals surface area contributed by atoms with Gasteiger partial charge in [0.05, 0.1) is 12.2 Å². The lowest BCUT2D eigenvalue weighted by molar-refractivity contribution is -0.136. The summed E-state index contributed by atoms with van der Waals surface area (Å²) in [7, 11) is 0. The van der Waals surface area contributed by atoms with Crippen LogP contribution in [0.4, 0.5) is 24.0 Å². The monoisotopic (exact) mass is 1550 g/mol. The maximum atomic E-state index is 15.2. The summed E-state index contributed by atoms with van der Waals surface area (Å²) in [5.74, 6) is -11.5. The van der Waals surface area contributed by atoms with Gasteiger partial charge in [-0.15, -0.1) is 0 Å². The molecule has 15 amide bonds. The number of nitrogens with two attached hydrogens (primary N) is 1. The molecular weight excluding hydrogens is 1430 g/mol. The molecule has 1 saturated heterocycles. The van der Waals surface area contributed by atoms with E-state index in [1.165, 1.54) is 0 Å². The van der Waals surface area contributed by atoms with Gasteiger partial charge in [0.1, 0.15) is 88.4 Å². The number of aliphatic hydroxyl groups excluding tert-OH is 2. The number of hydrogen-bond acceptors (Lipinski definition) is 23. The van der Waals surface area contributed by atoms with Crippen LogP contribution < -0.4 is 85.5 Å². The van der Waals surface area contributed by atoms with Crippen LogP contribution in [0.5, 0.6) is 0 Å². The van der Waals surface area contributed by atoms with Gasteiger partial charge in [-0.3, -0.25) is 47.9 Å². The number of ether oxygens (including phenoxy) is 5. The molecule has 2 rings (SSSR count). The third kappa shape index (κ3) is 40.2. The van der Waals surface area contributed by atoms with Crippen molar-refractivity contribution >= 4 is 89.5 Å². The van der Waals surface area contributed by atoms with E-state index in [-0.39, 0.29) is 31.8 Å². The number of carbonyl (C=O) groups excluding carboxylic acids is 15. The first-order valence-corrected chi connectivity index (χ1v) is 36.2. The van der Waals surface area contributed by atoms with Crippen molar-refractivity contribution in [1.29, 1.82) is 0 Å². The van der Waals surface area contributed by atoms with E-state index in [1.54, 1.807) is 148 Å². The summed E-state index contributed by atoms with van der Waals surface area (Å²) in [6, 6.07) is -9.19. The van der Waals surface area contributed by atoms with Crippen molar-refractivity contribution in [3.8, 4) is 0 Å². The van der Waals surface area contributed by atoms with E-state index in [0.29, 0.717) is 5.56 Å². The molecule has 0 saturated carbocycles. The average molecular weight is 1550 g/mol. The predicted molar refractivity (Wildman–Crippen MR) is 396 cm³/mol. The first-order valence-electron chi connectivity index (χ1n) is 36.2. The quantitative estimate of drug-likeness (QED) is 0.0517. The second-order valence-corrected chi connectivity index (χ2v) is 31.6. The van der Waals surface area contributed by atoms with Gasteiger partial charge in [-0.1, -0.05) is 44.2 Å². The van der Waals surface area contributed by atoms with Gasteiger partial charge in [0, 0.05) is 45.7 Å². The van der Waals surface area contributed by atoms with Crippen molar-refractivity contribution in [3.63, 3.8) is 0 Å². The van der Waals surface area contributed by atoms with Crippen LogP contribution in [-0.4, -0.2) is 240 Å². The number of aliphatic hydroxyl groups is 2. The molecule has 0 radical (unpaired) electrons. The van der Waals surface area contributed by atoms with Gasteiger partial charge in [0.25, 0.3) is 0 Å². The number of alkyl carbamates (subject to hydrolysis) is 5. The molecule has 1 aliphatic heterocycles. The fourth-order valence-electron chi connectivity index (χ4n) is 9.91. The van der Waals surface area contributed by atoms with Crippen molar-refractivity contribution in [2.75, 3.05) is 39.3 Å². The van der Waals surface area contributed by atoms with Crippen LogP contribution in [0.15, 0.2) is 30.3 Å². The largest absolute Gasteiger partial charge is 0.444 e. The Labute approximate surface area is 636 Å². The zero-order valence-corrected chi connectivity index (χ0v) is 66.2. The zero-order valence-electron chi connectivity index (χ0n) is 66.2. The SMILES string of the molecule is CC(C)C[C@@H]1NC(=O)[C@@H](Cc2ccccc2)NC(=O)[C@H](CCNC(=O)OC(C)(C)C)NC(=O)[C@@H](NC(=O)[C@H](CCNC(=O)OC(C)(C)C)NC(=O)[C@@H](NC(=O)[C@@H](N)CNC(=O)OC(C)(C)C)C(C)O)CCNC(=O)[C@H]([C@H](C)O)NC(=O)[C@H](CCNC(=O)OC(C)(C)C)NC(=O)[C@H](CCNC(=O)OC(C)(C)C)NC1=O. The second kappa shape index (κ2) is 44.0. The molecule has 38 heteroatoms. The minimum atomic E-state index is -1.92. The minimum Gasteiger partial charge on any atom is -0.444 e. The molecule has 1 fully saturated rings. The third-order valence-corrected chi connectivity index (χ3v) is 14.9. The molecule has 19 N–H and O–H groups in total. The van der Waals surface area contributed by atoms with Gasteiger partial charge in [0.15, 0.2) is 0 Å². The van der Waals surface area contributed by atoms with Crippen molar-refractivity contribution in [2.24, 2.45) is 11.7 Å². The Morgan fingerprint density at radius 2 is 0.844 bits per heavy atom. The van der Waals surface area contributed by atoms with Gasteiger partial charge >= 0.3 is 30.5 Å². The highest BCUT2D eigenvalue weighted by Gasteiger charge is 2.39. The van der Waals surface area contributed by atoms with Crippen LogP contribution in [0, 0.1) is 5.92 Å². The molecule has 38 nitrogen and oxygen atoms in total. The molecule has 1 aromatic rings. The molecule has 1 aromatic carbocycles. The maximum absolute atomic E-state index is 15.2. The van der Waals surface area contributed by atoms with Crippen LogP contribution in [0.25, 0.3) is 0 Å². The number of benzene rings is 1. The van der Waals surface area contributed by atoms with E-state index in [1.807, 2.05) is 0 Å². The molecule has 109 heavy (non-hydrogen) atoms. The van der Waals surface area contributed by atoms with Crippen molar-refractivity contribution in [3.05, 3.63) is 35.9 Å². The molecule has 0 bridgehead atoms. The third-order valence-electron chi connectivity index (χ3n) is 14.9. The number of amides is 15. The fraction of sp³-hybridized carbons (Fsp3) is 0.704. The predicted octanol–water partition coefficient (Wildman–Crippen LogP) is -0.569. The fourth-order valence-corrected chi connectivity index (χ4v) is 9.91. The summed E-state index contributed by atoms with van der Waals surface area (Å²) in [5, 5.41) is 59.5. The van der Waals surface area contributed by atoms with E-state index < -0.39 is 248 Å². The Hall–Kier alpha value is -9.85. The summed E-state index contributed by atoms with van der Waals surface area (Å²) in [6.07, 6.45) is -11.1. The molecule has 12 atom stereocenters. The Morgan fingerprint density at radius 1 is 0.468 bits per heavy atom. The molecule has 1 heterocycles. The van der Waals surface area contributed by atoms with Crippen LogP contribution >= 0.6 is 0 Å². The number of carbonyl (C=O) groups is 15. The van der Waals surface area contributed by atoms with E-state index in [9.17, 15) is 67.7 Å². The van der Waals surface area contributed by atoms with E-state index in [2.05, 4.69) is 79.8 Å². The van der Waals surface area contributed by atoms with Gasteiger partial charge in [-0.25, -0.2) is 24.0 Å². The van der Waals surface area contributed by atoms with Gasteiger partial charge < -0.3 is 119 Å². The minimum absolute atomic E-state index is 0.117. The Bertz CT molecular complexity index is 3250. The number of hydrogen-bond donors (Lipinski definition) is 18. The summed E-state index contributed by atoms with van der Waals surface area (Å²) in [5.41, 5.74) is 1.61.